The van der Waals surface area contributed by atoms with Crippen molar-refractivity contribution in [2.24, 2.45) is 0 Å². The number of nitrogens with one attached hydrogen (secondary N) is 1. The van der Waals surface area contributed by atoms with E-state index in [4.69, 9.17) is 0 Å². The molecule has 168 valence electrons. The molecule has 1 rings (SSSR count). The minimum atomic E-state index is 0.597. The van der Waals surface area contributed by atoms with Gasteiger partial charge in [-0.15, -0.1) is 0 Å². The van der Waals surface area contributed by atoms with Crippen LogP contribution < -0.4 is 0 Å². The van der Waals surface area contributed by atoms with E-state index in [1.807, 2.05) is 0 Å². The van der Waals surface area contributed by atoms with Crippen molar-refractivity contribution >= 4 is 0 Å². The predicted molar refractivity (Wildman–Crippen MR) is 132 cm³/mol. The monoisotopic (exact) mass is 401 g/mol. The van der Waals surface area contributed by atoms with Gasteiger partial charge < -0.3 is 4.98 Å². The van der Waals surface area contributed by atoms with E-state index in [9.17, 15) is 0 Å². The lowest BCUT2D eigenvalue weighted by atomic mass is 9.90. The van der Waals surface area contributed by atoms with Crippen LogP contribution in [-0.2, 0) is 0 Å². The fourth-order valence-electron chi connectivity index (χ4n) is 4.42. The van der Waals surface area contributed by atoms with Crippen LogP contribution in [0.5, 0.6) is 0 Å². The quantitative estimate of drug-likeness (QED) is 0.165. The third-order valence-corrected chi connectivity index (χ3v) is 6.42. The van der Waals surface area contributed by atoms with Gasteiger partial charge in [0.15, 0.2) is 0 Å². The maximum Gasteiger partial charge on any atom is 0.0219 e. The Bertz CT molecular complexity index is 471. The summed E-state index contributed by atoms with van der Waals surface area (Å²) >= 11 is 0. The maximum absolute atomic E-state index is 3.48. The molecular weight excluding hydrogens is 350 g/mol. The molecule has 29 heavy (non-hydrogen) atoms. The van der Waals surface area contributed by atoms with Gasteiger partial charge in [-0.25, -0.2) is 0 Å². The molecule has 0 bridgehead atoms. The summed E-state index contributed by atoms with van der Waals surface area (Å²) in [4.78, 5) is 3.48. The van der Waals surface area contributed by atoms with Crippen LogP contribution in [0.4, 0.5) is 0 Å². The zero-order valence-electron chi connectivity index (χ0n) is 20.1. The first-order chi connectivity index (χ1) is 14.3. The summed E-state index contributed by atoms with van der Waals surface area (Å²) in [6.07, 6.45) is 29.7. The summed E-state index contributed by atoms with van der Waals surface area (Å²) in [6.45, 7) is 6.95. The Kier molecular flexibility index (Phi) is 17.1. The summed E-state index contributed by atoms with van der Waals surface area (Å²) < 4.78 is 0. The Balaban J connectivity index is 2.16. The van der Waals surface area contributed by atoms with Gasteiger partial charge in [-0.1, -0.05) is 122 Å². The van der Waals surface area contributed by atoms with Crippen molar-refractivity contribution in [1.82, 2.24) is 4.98 Å². The molecule has 0 aromatic carbocycles. The fourth-order valence-corrected chi connectivity index (χ4v) is 4.42. The van der Waals surface area contributed by atoms with Gasteiger partial charge >= 0.3 is 0 Å². The molecule has 1 aromatic heterocycles. The van der Waals surface area contributed by atoms with Gasteiger partial charge in [-0.2, -0.15) is 0 Å². The average Bonchev–Trinajstić information content (AvgIpc) is 3.25. The van der Waals surface area contributed by atoms with Crippen molar-refractivity contribution in [3.8, 4) is 0 Å². The lowest BCUT2D eigenvalue weighted by Gasteiger charge is -2.17. The SMILES string of the molecule is CCCCCCCCCCCCCC=C(C)C(CCCCCCC)c1ccc[nH]1. The van der Waals surface area contributed by atoms with Crippen LogP contribution in [0.1, 0.15) is 148 Å². The topological polar surface area (TPSA) is 15.8 Å². The van der Waals surface area contributed by atoms with Crippen LogP contribution in [-0.4, -0.2) is 4.98 Å². The number of aromatic amines is 1. The van der Waals surface area contributed by atoms with Gasteiger partial charge in [-0.05, 0) is 38.3 Å². The number of hydrogen-bond donors (Lipinski definition) is 1. The molecule has 0 aliphatic rings. The van der Waals surface area contributed by atoms with Gasteiger partial charge in [0, 0.05) is 17.8 Å². The maximum atomic E-state index is 3.48. The lowest BCUT2D eigenvalue weighted by Crippen LogP contribution is -2.02. The second kappa shape index (κ2) is 19.0. The first-order valence-corrected chi connectivity index (χ1v) is 13.1. The molecule has 0 saturated carbocycles. The molecule has 1 unspecified atom stereocenters. The molecule has 0 spiro atoms. The van der Waals surface area contributed by atoms with Crippen LogP contribution in [0.3, 0.4) is 0 Å². The predicted octanol–water partition coefficient (Wildman–Crippen LogP) is 10.1. The summed E-state index contributed by atoms with van der Waals surface area (Å²) in [6, 6.07) is 4.42. The Morgan fingerprint density at radius 1 is 0.759 bits per heavy atom. The lowest BCUT2D eigenvalue weighted by molar-refractivity contribution is 0.549. The van der Waals surface area contributed by atoms with Crippen molar-refractivity contribution in [3.63, 3.8) is 0 Å². The highest BCUT2D eigenvalue weighted by Gasteiger charge is 2.13. The van der Waals surface area contributed by atoms with E-state index in [1.165, 1.54) is 121 Å². The molecule has 0 amide bonds. The largest absolute Gasteiger partial charge is 0.364 e. The normalized spacial score (nSPS) is 13.1. The highest BCUT2D eigenvalue weighted by molar-refractivity contribution is 5.22. The Labute approximate surface area is 183 Å². The molecule has 1 heteroatoms. The zero-order valence-corrected chi connectivity index (χ0v) is 20.1. The number of allylic oxidation sites excluding steroid dienone is 2. The molecule has 0 aliphatic carbocycles. The van der Waals surface area contributed by atoms with E-state index in [2.05, 4.69) is 50.2 Å². The van der Waals surface area contributed by atoms with E-state index in [0.717, 1.165) is 0 Å². The molecular formula is C28H51N. The molecule has 1 atom stereocenters. The highest BCUT2D eigenvalue weighted by atomic mass is 14.7. The van der Waals surface area contributed by atoms with E-state index in [0.29, 0.717) is 5.92 Å². The molecule has 1 aromatic rings. The molecule has 1 heterocycles. The first-order valence-electron chi connectivity index (χ1n) is 13.1. The smallest absolute Gasteiger partial charge is 0.0219 e. The van der Waals surface area contributed by atoms with Crippen molar-refractivity contribution < 1.29 is 0 Å². The van der Waals surface area contributed by atoms with Crippen molar-refractivity contribution in [2.75, 3.05) is 0 Å². The summed E-state index contributed by atoms with van der Waals surface area (Å²) in [5, 5.41) is 0. The van der Waals surface area contributed by atoms with Gasteiger partial charge in [0.25, 0.3) is 0 Å². The Hall–Kier alpha value is -0.980. The Morgan fingerprint density at radius 2 is 1.28 bits per heavy atom. The van der Waals surface area contributed by atoms with Crippen molar-refractivity contribution in [1.29, 1.82) is 0 Å². The molecule has 1 nitrogen and oxygen atoms in total. The van der Waals surface area contributed by atoms with Gasteiger partial charge in [0.2, 0.25) is 0 Å². The minimum Gasteiger partial charge on any atom is -0.364 e. The van der Waals surface area contributed by atoms with E-state index >= 15 is 0 Å². The summed E-state index contributed by atoms with van der Waals surface area (Å²) in [5.74, 6) is 0.597. The van der Waals surface area contributed by atoms with E-state index in [-0.39, 0.29) is 0 Å². The number of rotatable bonds is 20. The van der Waals surface area contributed by atoms with Gasteiger partial charge in [0.1, 0.15) is 0 Å². The fraction of sp³-hybridized carbons (Fsp3) is 0.786. The van der Waals surface area contributed by atoms with Crippen LogP contribution >= 0.6 is 0 Å². The third-order valence-electron chi connectivity index (χ3n) is 6.42. The number of H-pyrrole nitrogens is 1. The number of aromatic nitrogens is 1. The summed E-state index contributed by atoms with van der Waals surface area (Å²) in [5.41, 5.74) is 2.99. The average molecular weight is 402 g/mol. The standard InChI is InChI=1S/C28H51N/c1-4-6-8-10-11-12-13-14-15-16-18-19-22-26(3)27(28-24-21-25-29-28)23-20-17-9-7-5-2/h21-22,24-25,27,29H,4-20,23H2,1-3H3. The van der Waals surface area contributed by atoms with Crippen LogP contribution in [0.15, 0.2) is 30.0 Å². The minimum absolute atomic E-state index is 0.597. The first kappa shape index (κ1) is 26.1. The molecule has 0 radical (unpaired) electrons. The number of hydrogen-bond acceptors (Lipinski definition) is 0. The van der Waals surface area contributed by atoms with Crippen LogP contribution in [0.25, 0.3) is 0 Å². The third kappa shape index (κ3) is 13.8. The van der Waals surface area contributed by atoms with E-state index in [1.54, 1.807) is 5.57 Å². The summed E-state index contributed by atoms with van der Waals surface area (Å²) in [7, 11) is 0. The molecule has 0 saturated heterocycles. The van der Waals surface area contributed by atoms with Gasteiger partial charge in [-0.3, -0.25) is 0 Å². The van der Waals surface area contributed by atoms with Crippen molar-refractivity contribution in [3.05, 3.63) is 35.7 Å². The highest BCUT2D eigenvalue weighted by Crippen LogP contribution is 2.29. The molecule has 0 aliphatic heterocycles. The van der Waals surface area contributed by atoms with Crippen LogP contribution in [0, 0.1) is 0 Å². The second-order valence-electron chi connectivity index (χ2n) is 9.15. The zero-order chi connectivity index (χ0) is 21.0. The van der Waals surface area contributed by atoms with Gasteiger partial charge in [0.05, 0.1) is 0 Å². The van der Waals surface area contributed by atoms with Crippen LogP contribution in [0.2, 0.25) is 0 Å². The second-order valence-corrected chi connectivity index (χ2v) is 9.15. The molecule has 1 N–H and O–H groups in total. The van der Waals surface area contributed by atoms with E-state index < -0.39 is 0 Å². The molecule has 0 fully saturated rings. The van der Waals surface area contributed by atoms with Crippen molar-refractivity contribution in [2.45, 2.75) is 142 Å². The Morgan fingerprint density at radius 3 is 1.79 bits per heavy atom. The number of unbranched alkanes of at least 4 members (excludes halogenated alkanes) is 15.